The third-order valence-electron chi connectivity index (χ3n) is 2.35. The SMILES string of the molecule is Nc1ccc(Br)c(OCc2cc(Br)ccc2F)c1. The van der Waals surface area contributed by atoms with Crippen LogP contribution in [-0.2, 0) is 6.61 Å². The minimum atomic E-state index is -0.293. The van der Waals surface area contributed by atoms with Gasteiger partial charge in [-0.2, -0.15) is 0 Å². The average Bonchev–Trinajstić information content (AvgIpc) is 2.34. The van der Waals surface area contributed by atoms with Gasteiger partial charge < -0.3 is 10.5 Å². The van der Waals surface area contributed by atoms with Gasteiger partial charge in [-0.3, -0.25) is 0 Å². The van der Waals surface area contributed by atoms with Crippen molar-refractivity contribution in [3.8, 4) is 5.75 Å². The highest BCUT2D eigenvalue weighted by Crippen LogP contribution is 2.28. The second kappa shape index (κ2) is 5.71. The van der Waals surface area contributed by atoms with E-state index >= 15 is 0 Å². The number of anilines is 1. The smallest absolute Gasteiger partial charge is 0.136 e. The summed E-state index contributed by atoms with van der Waals surface area (Å²) in [5.74, 6) is 0.299. The monoisotopic (exact) mass is 373 g/mol. The fourth-order valence-corrected chi connectivity index (χ4v) is 2.21. The zero-order valence-corrected chi connectivity index (χ0v) is 12.5. The first kappa shape index (κ1) is 13.4. The first-order chi connectivity index (χ1) is 8.56. The van der Waals surface area contributed by atoms with Gasteiger partial charge in [0.15, 0.2) is 0 Å². The Morgan fingerprint density at radius 3 is 2.67 bits per heavy atom. The molecule has 2 aromatic rings. The first-order valence-electron chi connectivity index (χ1n) is 5.18. The lowest BCUT2D eigenvalue weighted by Crippen LogP contribution is -1.99. The Bertz CT molecular complexity index is 523. The molecule has 0 radical (unpaired) electrons. The second-order valence-corrected chi connectivity index (χ2v) is 5.48. The van der Waals surface area contributed by atoms with Crippen molar-refractivity contribution < 1.29 is 9.13 Å². The summed E-state index contributed by atoms with van der Waals surface area (Å²) in [6, 6.07) is 9.99. The summed E-state index contributed by atoms with van der Waals surface area (Å²) in [4.78, 5) is 0. The molecule has 0 heterocycles. The quantitative estimate of drug-likeness (QED) is 0.802. The van der Waals surface area contributed by atoms with E-state index in [4.69, 9.17) is 10.5 Å². The molecule has 0 aliphatic heterocycles. The maximum atomic E-state index is 13.5. The Hall–Kier alpha value is -1.07. The molecule has 2 rings (SSSR count). The van der Waals surface area contributed by atoms with Crippen LogP contribution in [0.5, 0.6) is 5.75 Å². The van der Waals surface area contributed by atoms with Crippen LogP contribution in [0.15, 0.2) is 45.3 Å². The van der Waals surface area contributed by atoms with Crippen molar-refractivity contribution in [2.75, 3.05) is 5.73 Å². The molecule has 0 saturated carbocycles. The highest BCUT2D eigenvalue weighted by atomic mass is 79.9. The molecule has 0 unspecified atom stereocenters. The van der Waals surface area contributed by atoms with Crippen molar-refractivity contribution >= 4 is 37.5 Å². The normalized spacial score (nSPS) is 10.4. The third-order valence-corrected chi connectivity index (χ3v) is 3.49. The number of hydrogen-bond donors (Lipinski definition) is 1. The number of ether oxygens (including phenoxy) is 1. The summed E-state index contributed by atoms with van der Waals surface area (Å²) in [6.07, 6.45) is 0. The van der Waals surface area contributed by atoms with E-state index in [1.807, 2.05) is 0 Å². The van der Waals surface area contributed by atoms with Crippen LogP contribution in [0, 0.1) is 5.82 Å². The molecular weight excluding hydrogens is 365 g/mol. The number of nitrogens with two attached hydrogens (primary N) is 1. The fourth-order valence-electron chi connectivity index (χ4n) is 1.44. The Morgan fingerprint density at radius 2 is 1.89 bits per heavy atom. The minimum Gasteiger partial charge on any atom is -0.488 e. The van der Waals surface area contributed by atoms with Crippen molar-refractivity contribution in [2.24, 2.45) is 0 Å². The summed E-state index contributed by atoms with van der Waals surface area (Å²) in [5.41, 5.74) is 6.75. The maximum absolute atomic E-state index is 13.5. The zero-order valence-electron chi connectivity index (χ0n) is 9.29. The average molecular weight is 375 g/mol. The lowest BCUT2D eigenvalue weighted by molar-refractivity contribution is 0.298. The third kappa shape index (κ3) is 3.23. The molecule has 0 fully saturated rings. The molecule has 0 aromatic heterocycles. The van der Waals surface area contributed by atoms with Crippen LogP contribution < -0.4 is 10.5 Å². The summed E-state index contributed by atoms with van der Waals surface area (Å²) >= 11 is 6.65. The van der Waals surface area contributed by atoms with E-state index in [0.717, 1.165) is 8.95 Å². The molecule has 0 amide bonds. The van der Waals surface area contributed by atoms with Crippen molar-refractivity contribution in [3.05, 3.63) is 56.7 Å². The molecule has 0 atom stereocenters. The summed E-state index contributed by atoms with van der Waals surface area (Å²) in [5, 5.41) is 0. The number of halogens is 3. The van der Waals surface area contributed by atoms with E-state index in [-0.39, 0.29) is 12.4 Å². The van der Waals surface area contributed by atoms with E-state index in [2.05, 4.69) is 31.9 Å². The molecule has 0 spiro atoms. The van der Waals surface area contributed by atoms with Crippen LogP contribution >= 0.6 is 31.9 Å². The van der Waals surface area contributed by atoms with Crippen molar-refractivity contribution in [1.29, 1.82) is 0 Å². The van der Waals surface area contributed by atoms with Gasteiger partial charge in [-0.1, -0.05) is 15.9 Å². The first-order valence-corrected chi connectivity index (χ1v) is 6.76. The van der Waals surface area contributed by atoms with E-state index in [1.165, 1.54) is 6.07 Å². The van der Waals surface area contributed by atoms with Gasteiger partial charge in [0.25, 0.3) is 0 Å². The molecule has 18 heavy (non-hydrogen) atoms. The highest BCUT2D eigenvalue weighted by molar-refractivity contribution is 9.10. The molecule has 0 aliphatic rings. The van der Waals surface area contributed by atoms with Crippen LogP contribution in [0.2, 0.25) is 0 Å². The second-order valence-electron chi connectivity index (χ2n) is 3.71. The molecule has 0 aliphatic carbocycles. The van der Waals surface area contributed by atoms with Crippen LogP contribution in [0.4, 0.5) is 10.1 Å². The molecule has 5 heteroatoms. The lowest BCUT2D eigenvalue weighted by Gasteiger charge is -2.10. The van der Waals surface area contributed by atoms with Crippen LogP contribution in [0.1, 0.15) is 5.56 Å². The number of nitrogen functional groups attached to an aromatic ring is 1. The van der Waals surface area contributed by atoms with E-state index in [0.29, 0.717) is 17.0 Å². The van der Waals surface area contributed by atoms with Crippen molar-refractivity contribution in [1.82, 2.24) is 0 Å². The van der Waals surface area contributed by atoms with Crippen LogP contribution in [-0.4, -0.2) is 0 Å². The summed E-state index contributed by atoms with van der Waals surface area (Å²) in [7, 11) is 0. The molecule has 2 aromatic carbocycles. The minimum absolute atomic E-state index is 0.146. The van der Waals surface area contributed by atoms with E-state index < -0.39 is 0 Å². The standard InChI is InChI=1S/C13H10Br2FNO/c14-9-1-4-12(16)8(5-9)7-18-13-6-10(17)2-3-11(13)15/h1-6H,7,17H2. The Morgan fingerprint density at radius 1 is 1.11 bits per heavy atom. The van der Waals surface area contributed by atoms with Gasteiger partial charge in [0.2, 0.25) is 0 Å². The van der Waals surface area contributed by atoms with Gasteiger partial charge in [0.05, 0.1) is 4.47 Å². The lowest BCUT2D eigenvalue weighted by atomic mass is 10.2. The van der Waals surface area contributed by atoms with Gasteiger partial charge >= 0.3 is 0 Å². The van der Waals surface area contributed by atoms with Gasteiger partial charge in [-0.05, 0) is 46.3 Å². The Labute approximate surface area is 121 Å². The fraction of sp³-hybridized carbons (Fsp3) is 0.0769. The van der Waals surface area contributed by atoms with Crippen molar-refractivity contribution in [3.63, 3.8) is 0 Å². The van der Waals surface area contributed by atoms with Gasteiger partial charge in [0.1, 0.15) is 18.2 Å². The Balaban J connectivity index is 2.16. The van der Waals surface area contributed by atoms with Gasteiger partial charge in [-0.25, -0.2) is 4.39 Å². The topological polar surface area (TPSA) is 35.2 Å². The van der Waals surface area contributed by atoms with E-state index in [1.54, 1.807) is 30.3 Å². The molecule has 0 saturated heterocycles. The molecule has 2 N–H and O–H groups in total. The van der Waals surface area contributed by atoms with Gasteiger partial charge in [0, 0.05) is 21.8 Å². The molecule has 94 valence electrons. The van der Waals surface area contributed by atoms with Crippen LogP contribution in [0.3, 0.4) is 0 Å². The van der Waals surface area contributed by atoms with E-state index in [9.17, 15) is 4.39 Å². The molecule has 0 bridgehead atoms. The maximum Gasteiger partial charge on any atom is 0.136 e. The van der Waals surface area contributed by atoms with Gasteiger partial charge in [-0.15, -0.1) is 0 Å². The molecule has 2 nitrogen and oxygen atoms in total. The number of rotatable bonds is 3. The van der Waals surface area contributed by atoms with Crippen molar-refractivity contribution in [2.45, 2.75) is 6.61 Å². The molecular formula is C13H10Br2FNO. The summed E-state index contributed by atoms with van der Waals surface area (Å²) in [6.45, 7) is 0.146. The highest BCUT2D eigenvalue weighted by Gasteiger charge is 2.06. The summed E-state index contributed by atoms with van der Waals surface area (Å²) < 4.78 is 20.7. The number of benzene rings is 2. The predicted octanol–water partition coefficient (Wildman–Crippen LogP) is 4.51. The van der Waals surface area contributed by atoms with Crippen LogP contribution in [0.25, 0.3) is 0 Å². The Kier molecular flexibility index (Phi) is 4.24. The zero-order chi connectivity index (χ0) is 13.1. The largest absolute Gasteiger partial charge is 0.488 e. The predicted molar refractivity (Wildman–Crippen MR) is 77.0 cm³/mol. The number of hydrogen-bond acceptors (Lipinski definition) is 2.